The highest BCUT2D eigenvalue weighted by Gasteiger charge is 2.27. The number of rotatable bonds is 9. The van der Waals surface area contributed by atoms with Crippen molar-refractivity contribution in [2.45, 2.75) is 47.1 Å². The van der Waals surface area contributed by atoms with Gasteiger partial charge in [-0.05, 0) is 61.6 Å². The maximum absolute atomic E-state index is 12.9. The van der Waals surface area contributed by atoms with E-state index in [2.05, 4.69) is 19.2 Å². The van der Waals surface area contributed by atoms with E-state index in [1.54, 1.807) is 19.9 Å². The Morgan fingerprint density at radius 3 is 2.49 bits per heavy atom. The van der Waals surface area contributed by atoms with Crippen LogP contribution in [-0.2, 0) is 16.1 Å². The molecule has 186 valence electrons. The van der Waals surface area contributed by atoms with Gasteiger partial charge in [0, 0.05) is 0 Å². The lowest BCUT2D eigenvalue weighted by molar-refractivity contribution is 0.0531. The van der Waals surface area contributed by atoms with Crippen LogP contribution in [0.15, 0.2) is 34.7 Å². The van der Waals surface area contributed by atoms with Crippen molar-refractivity contribution >= 4 is 34.2 Å². The first kappa shape index (κ1) is 26.0. The molecule has 9 heteroatoms. The van der Waals surface area contributed by atoms with E-state index in [0.717, 1.165) is 28.2 Å². The first-order valence-corrected chi connectivity index (χ1v) is 12.0. The van der Waals surface area contributed by atoms with Crippen molar-refractivity contribution in [3.63, 3.8) is 0 Å². The molecule has 0 aliphatic rings. The zero-order chi connectivity index (χ0) is 25.7. The summed E-state index contributed by atoms with van der Waals surface area (Å²) >= 11 is 0.947. The molecule has 0 spiro atoms. The SMILES string of the molecule is CCOC(=O)c1sc(NC(=O)c2ccc(COc3cc(C)ccc3C(C)C)o2)c(C(=O)OC)c1C. The number of furan rings is 1. The predicted molar refractivity (Wildman–Crippen MR) is 133 cm³/mol. The molecule has 0 aliphatic heterocycles. The van der Waals surface area contributed by atoms with Crippen LogP contribution in [0.1, 0.15) is 79.7 Å². The van der Waals surface area contributed by atoms with E-state index in [-0.39, 0.29) is 34.4 Å². The maximum Gasteiger partial charge on any atom is 0.348 e. The molecule has 0 fully saturated rings. The molecule has 3 rings (SSSR count). The monoisotopic (exact) mass is 499 g/mol. The van der Waals surface area contributed by atoms with Gasteiger partial charge in [0.1, 0.15) is 28.0 Å². The molecule has 1 amide bonds. The summed E-state index contributed by atoms with van der Waals surface area (Å²) in [4.78, 5) is 37.7. The van der Waals surface area contributed by atoms with Crippen LogP contribution in [0.25, 0.3) is 0 Å². The summed E-state index contributed by atoms with van der Waals surface area (Å²) in [5, 5.41) is 2.83. The maximum atomic E-state index is 12.9. The van der Waals surface area contributed by atoms with Gasteiger partial charge in [-0.2, -0.15) is 0 Å². The summed E-state index contributed by atoms with van der Waals surface area (Å²) < 4.78 is 21.5. The Labute approximate surface area is 208 Å². The Balaban J connectivity index is 1.77. The van der Waals surface area contributed by atoms with E-state index < -0.39 is 17.8 Å². The molecule has 0 saturated heterocycles. The third-order valence-electron chi connectivity index (χ3n) is 5.27. The van der Waals surface area contributed by atoms with E-state index >= 15 is 0 Å². The summed E-state index contributed by atoms with van der Waals surface area (Å²) in [6.45, 7) is 9.80. The minimum Gasteiger partial charge on any atom is -0.485 e. The van der Waals surface area contributed by atoms with Gasteiger partial charge in [-0.25, -0.2) is 9.59 Å². The molecule has 3 aromatic rings. The number of ether oxygens (including phenoxy) is 3. The van der Waals surface area contributed by atoms with Gasteiger partial charge in [-0.3, -0.25) is 4.79 Å². The van der Waals surface area contributed by atoms with E-state index in [1.807, 2.05) is 25.1 Å². The number of esters is 2. The smallest absolute Gasteiger partial charge is 0.348 e. The van der Waals surface area contributed by atoms with E-state index in [1.165, 1.54) is 13.2 Å². The lowest BCUT2D eigenvalue weighted by Gasteiger charge is -2.14. The molecule has 0 bridgehead atoms. The molecule has 1 aromatic carbocycles. The van der Waals surface area contributed by atoms with E-state index in [0.29, 0.717) is 17.2 Å². The lowest BCUT2D eigenvalue weighted by Crippen LogP contribution is -2.13. The van der Waals surface area contributed by atoms with Gasteiger partial charge in [0.15, 0.2) is 5.76 Å². The molecule has 0 unspecified atom stereocenters. The van der Waals surface area contributed by atoms with Crippen molar-refractivity contribution in [1.82, 2.24) is 0 Å². The highest BCUT2D eigenvalue weighted by Crippen LogP contribution is 2.35. The third-order valence-corrected chi connectivity index (χ3v) is 6.46. The van der Waals surface area contributed by atoms with Crippen LogP contribution < -0.4 is 10.1 Å². The highest BCUT2D eigenvalue weighted by atomic mass is 32.1. The number of carbonyl (C=O) groups is 3. The van der Waals surface area contributed by atoms with Crippen LogP contribution in [0.5, 0.6) is 5.75 Å². The van der Waals surface area contributed by atoms with Crippen LogP contribution in [0, 0.1) is 13.8 Å². The third kappa shape index (κ3) is 5.92. The van der Waals surface area contributed by atoms with Crippen LogP contribution in [0.4, 0.5) is 5.00 Å². The number of hydrogen-bond acceptors (Lipinski definition) is 8. The molecular weight excluding hydrogens is 470 g/mol. The van der Waals surface area contributed by atoms with E-state index in [4.69, 9.17) is 18.6 Å². The molecule has 0 saturated carbocycles. The number of thiophene rings is 1. The van der Waals surface area contributed by atoms with Gasteiger partial charge in [0.05, 0.1) is 19.3 Å². The quantitative estimate of drug-likeness (QED) is 0.367. The van der Waals surface area contributed by atoms with Crippen molar-refractivity contribution in [1.29, 1.82) is 0 Å². The molecule has 0 aliphatic carbocycles. The Kier molecular flexibility index (Phi) is 8.34. The van der Waals surface area contributed by atoms with Crippen LogP contribution in [0.2, 0.25) is 0 Å². The molecule has 35 heavy (non-hydrogen) atoms. The van der Waals surface area contributed by atoms with Crippen molar-refractivity contribution in [3.05, 3.63) is 69.0 Å². The summed E-state index contributed by atoms with van der Waals surface area (Å²) in [5.41, 5.74) is 2.65. The highest BCUT2D eigenvalue weighted by molar-refractivity contribution is 7.18. The van der Waals surface area contributed by atoms with Gasteiger partial charge < -0.3 is 23.9 Å². The molecule has 1 N–H and O–H groups in total. The Bertz CT molecular complexity index is 1240. The number of hydrogen-bond donors (Lipinski definition) is 1. The zero-order valence-electron chi connectivity index (χ0n) is 20.6. The standard InChI is InChI=1S/C26H29NO7S/c1-7-32-26(30)22-16(5)21(25(29)31-6)24(35-22)27-23(28)19-11-9-17(34-19)13-33-20-12-15(4)8-10-18(20)14(2)3/h8-12,14H,7,13H2,1-6H3,(H,27,28). The van der Waals surface area contributed by atoms with Crippen LogP contribution in [0.3, 0.4) is 0 Å². The van der Waals surface area contributed by atoms with E-state index in [9.17, 15) is 14.4 Å². The largest absolute Gasteiger partial charge is 0.485 e. The second-order valence-electron chi connectivity index (χ2n) is 8.18. The average Bonchev–Trinajstić information content (AvgIpc) is 3.42. The molecule has 0 atom stereocenters. The fraction of sp³-hybridized carbons (Fsp3) is 0.346. The lowest BCUT2D eigenvalue weighted by atomic mass is 10.0. The van der Waals surface area contributed by atoms with Gasteiger partial charge in [0.2, 0.25) is 0 Å². The van der Waals surface area contributed by atoms with Crippen molar-refractivity contribution in [3.8, 4) is 5.75 Å². The number of aryl methyl sites for hydroxylation is 1. The first-order chi connectivity index (χ1) is 16.7. The number of nitrogens with one attached hydrogen (secondary N) is 1. The summed E-state index contributed by atoms with van der Waals surface area (Å²) in [6.07, 6.45) is 0. The Hall–Kier alpha value is -3.59. The van der Waals surface area contributed by atoms with Crippen molar-refractivity contribution in [2.75, 3.05) is 19.0 Å². The molecule has 2 aromatic heterocycles. The fourth-order valence-corrected chi connectivity index (χ4v) is 4.56. The van der Waals surface area contributed by atoms with Crippen LogP contribution in [-0.4, -0.2) is 31.6 Å². The number of carbonyl (C=O) groups excluding carboxylic acids is 3. The Morgan fingerprint density at radius 2 is 1.83 bits per heavy atom. The molecule has 0 radical (unpaired) electrons. The van der Waals surface area contributed by atoms with Crippen molar-refractivity contribution in [2.24, 2.45) is 0 Å². The second-order valence-corrected chi connectivity index (χ2v) is 9.20. The van der Waals surface area contributed by atoms with Crippen molar-refractivity contribution < 1.29 is 33.0 Å². The normalized spacial score (nSPS) is 10.8. The topological polar surface area (TPSA) is 104 Å². The van der Waals surface area contributed by atoms with Gasteiger partial charge in [-0.15, -0.1) is 11.3 Å². The number of amides is 1. The average molecular weight is 500 g/mol. The number of methoxy groups -OCH3 is 1. The van der Waals surface area contributed by atoms with Gasteiger partial charge in [0.25, 0.3) is 5.91 Å². The second kappa shape index (κ2) is 11.2. The molecule has 8 nitrogen and oxygen atoms in total. The predicted octanol–water partition coefficient (Wildman–Crippen LogP) is 5.88. The Morgan fingerprint density at radius 1 is 1.09 bits per heavy atom. The number of benzene rings is 1. The van der Waals surface area contributed by atoms with Gasteiger partial charge >= 0.3 is 11.9 Å². The summed E-state index contributed by atoms with van der Waals surface area (Å²) in [5.74, 6) is -0.249. The molecule has 2 heterocycles. The summed E-state index contributed by atoms with van der Waals surface area (Å²) in [7, 11) is 1.23. The molecular formula is C26H29NO7S. The summed E-state index contributed by atoms with van der Waals surface area (Å²) in [6, 6.07) is 9.24. The van der Waals surface area contributed by atoms with Gasteiger partial charge in [-0.1, -0.05) is 26.0 Å². The van der Waals surface area contributed by atoms with Crippen LogP contribution >= 0.6 is 11.3 Å². The fourth-order valence-electron chi connectivity index (χ4n) is 3.48. The number of anilines is 1. The first-order valence-electron chi connectivity index (χ1n) is 11.2. The minimum absolute atomic E-state index is 0.0384. The minimum atomic E-state index is -0.669. The zero-order valence-corrected chi connectivity index (χ0v) is 21.5.